The molecule has 0 aromatic heterocycles. The third-order valence-corrected chi connectivity index (χ3v) is 10.2. The molecule has 5 atom stereocenters. The van der Waals surface area contributed by atoms with E-state index in [2.05, 4.69) is 0 Å². The number of ether oxygens (including phenoxy) is 5. The van der Waals surface area contributed by atoms with Gasteiger partial charge in [-0.25, -0.2) is 0 Å². The largest absolute Gasteiger partial charge is 0.463 e. The summed E-state index contributed by atoms with van der Waals surface area (Å²) in [7, 11) is 0. The molecule has 48 heavy (non-hydrogen) atoms. The van der Waals surface area contributed by atoms with E-state index in [0.717, 1.165) is 37.2 Å². The van der Waals surface area contributed by atoms with Crippen LogP contribution in [0.25, 0.3) is 0 Å². The molecule has 0 spiro atoms. The van der Waals surface area contributed by atoms with Crippen molar-refractivity contribution in [2.24, 2.45) is 0 Å². The van der Waals surface area contributed by atoms with Gasteiger partial charge in [0, 0.05) is 40.4 Å². The monoisotopic (exact) mass is 718 g/mol. The molecule has 0 bridgehead atoms. The maximum absolute atomic E-state index is 12.0. The first-order valence-electron chi connectivity index (χ1n) is 18.1. The summed E-state index contributed by atoms with van der Waals surface area (Å²) >= 11 is 2.89. The van der Waals surface area contributed by atoms with Gasteiger partial charge in [0.2, 0.25) is 0 Å². The van der Waals surface area contributed by atoms with Crippen molar-refractivity contribution in [1.82, 2.24) is 0 Å². The van der Waals surface area contributed by atoms with Gasteiger partial charge in [-0.1, -0.05) is 114 Å². The lowest BCUT2D eigenvalue weighted by Crippen LogP contribution is -2.61. The van der Waals surface area contributed by atoms with Crippen LogP contribution in [0.5, 0.6) is 0 Å². The lowest BCUT2D eigenvalue weighted by molar-refractivity contribution is -0.237. The van der Waals surface area contributed by atoms with Crippen molar-refractivity contribution in [1.29, 1.82) is 0 Å². The van der Waals surface area contributed by atoms with Gasteiger partial charge >= 0.3 is 23.9 Å². The lowest BCUT2D eigenvalue weighted by Gasteiger charge is -2.44. The first-order valence-corrected chi connectivity index (χ1v) is 20.1. The highest BCUT2D eigenvalue weighted by Gasteiger charge is 2.52. The summed E-state index contributed by atoms with van der Waals surface area (Å²) in [5.74, 6) is -0.668. The molecule has 0 N–H and O–H groups in total. The van der Waals surface area contributed by atoms with Gasteiger partial charge in [-0.05, 0) is 18.6 Å². The maximum Gasteiger partial charge on any atom is 0.303 e. The van der Waals surface area contributed by atoms with Crippen molar-refractivity contribution >= 4 is 52.5 Å². The van der Waals surface area contributed by atoms with Gasteiger partial charge in [0.1, 0.15) is 18.1 Å². The van der Waals surface area contributed by atoms with E-state index in [9.17, 15) is 24.0 Å². The fraction of sp³-hybridized carbons (Fsp3) is 0.861. The Morgan fingerprint density at radius 2 is 0.854 bits per heavy atom. The molecule has 1 saturated heterocycles. The summed E-state index contributed by atoms with van der Waals surface area (Å²) in [6.45, 7) is 6.39. The minimum absolute atomic E-state index is 0.208. The number of esters is 4. The molecular formula is C36H62O10S2. The molecule has 0 unspecified atom stereocenters. The normalized spacial score (nSPS) is 20.6. The first-order chi connectivity index (χ1) is 23.0. The molecule has 0 saturated carbocycles. The molecule has 0 aliphatic carbocycles. The van der Waals surface area contributed by atoms with E-state index >= 15 is 0 Å². The molecule has 12 heteroatoms. The van der Waals surface area contributed by atoms with E-state index in [1.807, 2.05) is 0 Å². The average Bonchev–Trinajstić information content (AvgIpc) is 3.00. The Morgan fingerprint density at radius 1 is 0.479 bits per heavy atom. The molecule has 278 valence electrons. The number of thioether (sulfide) groups is 2. The van der Waals surface area contributed by atoms with Crippen molar-refractivity contribution in [3.05, 3.63) is 0 Å². The van der Waals surface area contributed by atoms with Crippen LogP contribution in [0.1, 0.15) is 150 Å². The number of carbonyl (C=O) groups is 5. The second kappa shape index (κ2) is 28.0. The Bertz CT molecular complexity index is 930. The Hall–Kier alpha value is -1.79. The minimum Gasteiger partial charge on any atom is -0.463 e. The van der Waals surface area contributed by atoms with Gasteiger partial charge in [0.05, 0.1) is 0 Å². The summed E-state index contributed by atoms with van der Waals surface area (Å²) < 4.78 is 27.8. The Labute approximate surface area is 297 Å². The fourth-order valence-corrected chi connectivity index (χ4v) is 7.63. The first kappa shape index (κ1) is 44.2. The summed E-state index contributed by atoms with van der Waals surface area (Å²) in [4.78, 5) is 58.3. The predicted octanol–water partition coefficient (Wildman–Crippen LogP) is 8.10. The molecule has 1 rings (SSSR count). The van der Waals surface area contributed by atoms with Gasteiger partial charge in [-0.2, -0.15) is 0 Å². The number of hydrogen-bond acceptors (Lipinski definition) is 12. The minimum atomic E-state index is -1.12. The highest BCUT2D eigenvalue weighted by Crippen LogP contribution is 2.35. The van der Waals surface area contributed by atoms with Crippen LogP contribution >= 0.6 is 23.5 Å². The van der Waals surface area contributed by atoms with Crippen molar-refractivity contribution in [3.63, 3.8) is 0 Å². The average molecular weight is 719 g/mol. The predicted molar refractivity (Wildman–Crippen MR) is 191 cm³/mol. The van der Waals surface area contributed by atoms with E-state index < -0.39 is 53.7 Å². The SMILES string of the molecule is CC(=O)OC[C@H]1O[C@@H](SCCCCCCCCCCCCCCCCCCCCSC(C)=O)[C@H](OC(C)=O)[C@@H](OC(C)=O)[C@@H]1OC(C)=O. The second-order valence-electron chi connectivity index (χ2n) is 12.6. The van der Waals surface area contributed by atoms with Gasteiger partial charge in [-0.3, -0.25) is 24.0 Å². The lowest BCUT2D eigenvalue weighted by atomic mass is 9.99. The molecule has 10 nitrogen and oxygen atoms in total. The summed E-state index contributed by atoms with van der Waals surface area (Å²) in [6.07, 6.45) is 18.5. The van der Waals surface area contributed by atoms with Crippen LogP contribution in [0, 0.1) is 0 Å². The zero-order chi connectivity index (χ0) is 35.6. The van der Waals surface area contributed by atoms with Gasteiger partial charge in [0.25, 0.3) is 0 Å². The third kappa shape index (κ3) is 22.8. The number of unbranched alkanes of at least 4 members (excludes halogenated alkanes) is 17. The summed E-state index contributed by atoms with van der Waals surface area (Å²) in [5, 5.41) is 0.230. The van der Waals surface area contributed by atoms with E-state index in [-0.39, 0.29) is 11.7 Å². The molecule has 1 aliphatic heterocycles. The van der Waals surface area contributed by atoms with Crippen LogP contribution < -0.4 is 0 Å². The van der Waals surface area contributed by atoms with Crippen LogP contribution in [-0.4, -0.2) is 77.0 Å². The van der Waals surface area contributed by atoms with Crippen LogP contribution in [0.15, 0.2) is 0 Å². The van der Waals surface area contributed by atoms with Crippen molar-refractivity contribution in [2.45, 2.75) is 180 Å². The maximum atomic E-state index is 12.0. The van der Waals surface area contributed by atoms with Crippen LogP contribution in [-0.2, 0) is 47.7 Å². The van der Waals surface area contributed by atoms with E-state index in [4.69, 9.17) is 23.7 Å². The van der Waals surface area contributed by atoms with Crippen molar-refractivity contribution < 1.29 is 47.7 Å². The Morgan fingerprint density at radius 3 is 1.25 bits per heavy atom. The second-order valence-corrected chi connectivity index (χ2v) is 15.1. The molecule has 1 fully saturated rings. The van der Waals surface area contributed by atoms with Crippen molar-refractivity contribution in [3.8, 4) is 0 Å². The number of rotatable bonds is 27. The number of carbonyl (C=O) groups excluding carboxylic acids is 5. The van der Waals surface area contributed by atoms with E-state index in [1.165, 1.54) is 141 Å². The molecule has 0 aromatic rings. The molecule has 0 radical (unpaired) electrons. The highest BCUT2D eigenvalue weighted by molar-refractivity contribution is 8.13. The molecule has 0 amide bonds. The quantitative estimate of drug-likeness (QED) is 0.0462. The topological polar surface area (TPSA) is 132 Å². The Kier molecular flexibility index (Phi) is 25.8. The zero-order valence-electron chi connectivity index (χ0n) is 30.1. The fourth-order valence-electron chi connectivity index (χ4n) is 5.77. The number of hydrogen-bond donors (Lipinski definition) is 0. The van der Waals surface area contributed by atoms with Crippen LogP contribution in [0.3, 0.4) is 0 Å². The molecule has 1 aliphatic rings. The van der Waals surface area contributed by atoms with Crippen LogP contribution in [0.4, 0.5) is 0 Å². The summed E-state index contributed by atoms with van der Waals surface area (Å²) in [6, 6.07) is 0. The van der Waals surface area contributed by atoms with Crippen molar-refractivity contribution in [2.75, 3.05) is 18.1 Å². The molecular weight excluding hydrogens is 657 g/mol. The molecule has 0 aromatic carbocycles. The van der Waals surface area contributed by atoms with E-state index in [1.54, 1.807) is 6.92 Å². The smallest absolute Gasteiger partial charge is 0.303 e. The molecule has 1 heterocycles. The summed E-state index contributed by atoms with van der Waals surface area (Å²) in [5.41, 5.74) is -0.704. The van der Waals surface area contributed by atoms with Crippen LogP contribution in [0.2, 0.25) is 0 Å². The standard InChI is InChI=1S/C36H62O10S2/c1-27(37)42-26-32-33(43-28(2)38)34(44-29(3)39)35(45-30(4)40)36(46-32)48-25-23-21-19-17-15-13-11-9-7-6-8-10-12-14-16-18-20-22-24-47-31(5)41/h32-36H,6-26H2,1-5H3/t32-,33-,34+,35-,36+/m1/s1. The van der Waals surface area contributed by atoms with Gasteiger partial charge in [0.15, 0.2) is 23.4 Å². The zero-order valence-corrected chi connectivity index (χ0v) is 31.8. The van der Waals surface area contributed by atoms with Gasteiger partial charge < -0.3 is 23.7 Å². The van der Waals surface area contributed by atoms with E-state index in [0.29, 0.717) is 0 Å². The Balaban J connectivity index is 2.25. The highest BCUT2D eigenvalue weighted by atomic mass is 32.2. The van der Waals surface area contributed by atoms with Gasteiger partial charge in [-0.15, -0.1) is 11.8 Å². The third-order valence-electron chi connectivity index (χ3n) is 8.07.